The summed E-state index contributed by atoms with van der Waals surface area (Å²) < 4.78 is 3.43. The quantitative estimate of drug-likeness (QED) is 0.737. The first-order valence-electron chi connectivity index (χ1n) is 4.70. The van der Waals surface area contributed by atoms with Gasteiger partial charge in [0.05, 0.1) is 11.4 Å². The molecule has 2 heterocycles. The Labute approximate surface area is 87.7 Å². The fourth-order valence-corrected chi connectivity index (χ4v) is 1.64. The molecular formula is C9H14N6. The van der Waals surface area contributed by atoms with Crippen LogP contribution >= 0.6 is 0 Å². The second-order valence-corrected chi connectivity index (χ2v) is 3.56. The lowest BCUT2D eigenvalue weighted by molar-refractivity contribution is 0.682. The van der Waals surface area contributed by atoms with Crippen LogP contribution in [0.3, 0.4) is 0 Å². The molecule has 0 aromatic carbocycles. The Morgan fingerprint density at radius 3 is 2.20 bits per heavy atom. The number of aryl methyl sites for hydroxylation is 4. The van der Waals surface area contributed by atoms with Crippen LogP contribution in [0.1, 0.15) is 17.3 Å². The van der Waals surface area contributed by atoms with Gasteiger partial charge in [0.2, 0.25) is 0 Å². The normalized spacial score (nSPS) is 10.9. The number of hydrogen-bond acceptors (Lipinski definition) is 4. The van der Waals surface area contributed by atoms with E-state index in [2.05, 4.69) is 15.2 Å². The summed E-state index contributed by atoms with van der Waals surface area (Å²) in [6.07, 6.45) is 0. The van der Waals surface area contributed by atoms with Gasteiger partial charge in [-0.2, -0.15) is 9.78 Å². The molecule has 0 bridgehead atoms. The molecule has 0 aliphatic carbocycles. The van der Waals surface area contributed by atoms with Crippen LogP contribution in [0.5, 0.6) is 0 Å². The van der Waals surface area contributed by atoms with E-state index in [4.69, 9.17) is 5.73 Å². The van der Waals surface area contributed by atoms with Gasteiger partial charge in [0, 0.05) is 7.05 Å². The van der Waals surface area contributed by atoms with Crippen LogP contribution in [0.15, 0.2) is 0 Å². The van der Waals surface area contributed by atoms with E-state index in [9.17, 15) is 0 Å². The summed E-state index contributed by atoms with van der Waals surface area (Å²) in [7, 11) is 1.84. The Morgan fingerprint density at radius 1 is 1.13 bits per heavy atom. The highest BCUT2D eigenvalue weighted by Gasteiger charge is 2.15. The summed E-state index contributed by atoms with van der Waals surface area (Å²) in [6.45, 7) is 5.61. The molecule has 2 aromatic rings. The lowest BCUT2D eigenvalue weighted by Crippen LogP contribution is -2.08. The standard InChI is InChI=1S/C9H14N6/c1-5-8(10)9(14(4)12-5)15-7(3)11-6(2)13-15/h10H2,1-4H3. The molecular weight excluding hydrogens is 192 g/mol. The molecule has 0 radical (unpaired) electrons. The second kappa shape index (κ2) is 3.08. The van der Waals surface area contributed by atoms with Gasteiger partial charge in [-0.1, -0.05) is 0 Å². The summed E-state index contributed by atoms with van der Waals surface area (Å²) >= 11 is 0. The Morgan fingerprint density at radius 2 is 1.80 bits per heavy atom. The first-order chi connectivity index (χ1) is 7.00. The largest absolute Gasteiger partial charge is 0.394 e. The minimum atomic E-state index is 0.644. The number of hydrogen-bond donors (Lipinski definition) is 1. The maximum absolute atomic E-state index is 5.94. The van der Waals surface area contributed by atoms with E-state index in [0.29, 0.717) is 5.69 Å². The van der Waals surface area contributed by atoms with Gasteiger partial charge in [-0.3, -0.25) is 0 Å². The number of anilines is 1. The van der Waals surface area contributed by atoms with Crippen molar-refractivity contribution < 1.29 is 0 Å². The van der Waals surface area contributed by atoms with Gasteiger partial charge < -0.3 is 5.73 Å². The van der Waals surface area contributed by atoms with Gasteiger partial charge in [0.25, 0.3) is 0 Å². The van der Waals surface area contributed by atoms with E-state index >= 15 is 0 Å². The first kappa shape index (κ1) is 9.70. The minimum Gasteiger partial charge on any atom is -0.394 e. The fraction of sp³-hybridized carbons (Fsp3) is 0.444. The summed E-state index contributed by atoms with van der Waals surface area (Å²) in [5, 5.41) is 8.52. The van der Waals surface area contributed by atoms with Gasteiger partial charge in [0.1, 0.15) is 11.6 Å². The number of nitrogens with zero attached hydrogens (tertiary/aromatic N) is 5. The van der Waals surface area contributed by atoms with Crippen LogP contribution in [0.25, 0.3) is 5.82 Å². The van der Waals surface area contributed by atoms with Crippen LogP contribution < -0.4 is 5.73 Å². The molecule has 0 spiro atoms. The van der Waals surface area contributed by atoms with Crippen molar-refractivity contribution in [3.63, 3.8) is 0 Å². The monoisotopic (exact) mass is 206 g/mol. The predicted molar refractivity (Wildman–Crippen MR) is 56.7 cm³/mol. The molecule has 15 heavy (non-hydrogen) atoms. The lowest BCUT2D eigenvalue weighted by atomic mass is 10.4. The number of nitrogen functional groups attached to an aromatic ring is 1. The van der Waals surface area contributed by atoms with Crippen LogP contribution in [0.2, 0.25) is 0 Å². The zero-order chi connectivity index (χ0) is 11.2. The van der Waals surface area contributed by atoms with Gasteiger partial charge in [-0.05, 0) is 20.8 Å². The summed E-state index contributed by atoms with van der Waals surface area (Å²) in [6, 6.07) is 0. The lowest BCUT2D eigenvalue weighted by Gasteiger charge is -2.03. The van der Waals surface area contributed by atoms with E-state index in [1.165, 1.54) is 0 Å². The van der Waals surface area contributed by atoms with Gasteiger partial charge >= 0.3 is 0 Å². The highest BCUT2D eigenvalue weighted by atomic mass is 15.4. The van der Waals surface area contributed by atoms with E-state index in [-0.39, 0.29) is 0 Å². The van der Waals surface area contributed by atoms with Crippen molar-refractivity contribution in [2.75, 3.05) is 5.73 Å². The molecule has 80 valence electrons. The molecule has 2 aromatic heterocycles. The molecule has 0 unspecified atom stereocenters. The second-order valence-electron chi connectivity index (χ2n) is 3.56. The van der Waals surface area contributed by atoms with Crippen molar-refractivity contribution in [2.24, 2.45) is 7.05 Å². The van der Waals surface area contributed by atoms with Crippen LogP contribution in [0.4, 0.5) is 5.69 Å². The van der Waals surface area contributed by atoms with E-state index in [1.54, 1.807) is 9.36 Å². The average molecular weight is 206 g/mol. The molecule has 0 saturated carbocycles. The number of nitrogens with two attached hydrogens (primary N) is 1. The molecule has 6 nitrogen and oxygen atoms in total. The first-order valence-corrected chi connectivity index (χ1v) is 4.70. The van der Waals surface area contributed by atoms with E-state index < -0.39 is 0 Å². The van der Waals surface area contributed by atoms with Crippen molar-refractivity contribution in [1.29, 1.82) is 0 Å². The minimum absolute atomic E-state index is 0.644. The number of aromatic nitrogens is 5. The Bertz CT molecular complexity index is 507. The van der Waals surface area contributed by atoms with Crippen molar-refractivity contribution in [2.45, 2.75) is 20.8 Å². The van der Waals surface area contributed by atoms with Crippen molar-refractivity contribution in [3.05, 3.63) is 17.3 Å². The Hall–Kier alpha value is -1.85. The Balaban J connectivity index is 2.68. The molecule has 2 N–H and O–H groups in total. The third-order valence-corrected chi connectivity index (χ3v) is 2.31. The molecule has 0 atom stereocenters. The summed E-state index contributed by atoms with van der Waals surface area (Å²) in [5.41, 5.74) is 7.39. The van der Waals surface area contributed by atoms with Crippen LogP contribution in [-0.2, 0) is 7.05 Å². The predicted octanol–water partition coefficient (Wildman–Crippen LogP) is 0.508. The van der Waals surface area contributed by atoms with Gasteiger partial charge in [0.15, 0.2) is 5.82 Å². The zero-order valence-electron chi connectivity index (χ0n) is 9.31. The van der Waals surface area contributed by atoms with E-state index in [1.807, 2.05) is 27.8 Å². The molecule has 0 amide bonds. The molecule has 0 saturated heterocycles. The van der Waals surface area contributed by atoms with Crippen molar-refractivity contribution >= 4 is 5.69 Å². The van der Waals surface area contributed by atoms with Crippen LogP contribution in [-0.4, -0.2) is 24.5 Å². The molecule has 0 aliphatic rings. The summed E-state index contributed by atoms with van der Waals surface area (Å²) in [4.78, 5) is 4.23. The molecule has 2 rings (SSSR count). The molecule has 6 heteroatoms. The highest BCUT2D eigenvalue weighted by molar-refractivity contribution is 5.57. The number of rotatable bonds is 1. The topological polar surface area (TPSA) is 74.6 Å². The third kappa shape index (κ3) is 1.38. The smallest absolute Gasteiger partial charge is 0.177 e. The van der Waals surface area contributed by atoms with Crippen molar-refractivity contribution in [3.8, 4) is 5.82 Å². The maximum Gasteiger partial charge on any atom is 0.177 e. The zero-order valence-corrected chi connectivity index (χ0v) is 9.31. The van der Waals surface area contributed by atoms with Gasteiger partial charge in [-0.15, -0.1) is 5.10 Å². The summed E-state index contributed by atoms with van der Waals surface area (Å²) in [5.74, 6) is 2.30. The average Bonchev–Trinajstić information content (AvgIpc) is 2.56. The van der Waals surface area contributed by atoms with Crippen molar-refractivity contribution in [1.82, 2.24) is 24.5 Å². The van der Waals surface area contributed by atoms with E-state index in [0.717, 1.165) is 23.2 Å². The highest BCUT2D eigenvalue weighted by Crippen LogP contribution is 2.20. The Kier molecular flexibility index (Phi) is 1.99. The SMILES string of the molecule is Cc1nc(C)n(-c2c(N)c(C)nn2C)n1. The molecule has 0 aliphatic heterocycles. The maximum atomic E-state index is 5.94. The van der Waals surface area contributed by atoms with Crippen LogP contribution in [0, 0.1) is 20.8 Å². The third-order valence-electron chi connectivity index (χ3n) is 2.31. The fourth-order valence-electron chi connectivity index (χ4n) is 1.64. The van der Waals surface area contributed by atoms with Gasteiger partial charge in [-0.25, -0.2) is 9.67 Å². The molecule has 0 fully saturated rings.